The molecule has 0 amide bonds. The molecule has 0 spiro atoms. The highest BCUT2D eigenvalue weighted by Gasteiger charge is 2.17. The highest BCUT2D eigenvalue weighted by molar-refractivity contribution is 5.86. The number of methoxy groups -OCH3 is 1. The molecule has 3 rings (SSSR count). The number of hydrogen-bond acceptors (Lipinski definition) is 2. The van der Waals surface area contributed by atoms with Crippen LogP contribution in [0.25, 0.3) is 10.9 Å². The number of aromatic amines is 1. The second-order valence-electron chi connectivity index (χ2n) is 4.04. The predicted octanol–water partition coefficient (Wildman–Crippen LogP) is 2.38. The molecule has 2 aromatic rings. The molecule has 0 fully saturated rings. The van der Waals surface area contributed by atoms with Crippen LogP contribution in [0.2, 0.25) is 0 Å². The Morgan fingerprint density at radius 1 is 1.35 bits per heavy atom. The fourth-order valence-electron chi connectivity index (χ4n) is 2.30. The first-order valence-corrected chi connectivity index (χ1v) is 5.37. The lowest BCUT2D eigenvalue weighted by atomic mass is 10.1. The number of hydrogen-bond donors (Lipinski definition) is 2. The monoisotopic (exact) mass is 256 g/mol. The summed E-state index contributed by atoms with van der Waals surface area (Å²) in [6.07, 6.45) is 0.922. The van der Waals surface area contributed by atoms with E-state index in [1.165, 1.54) is 11.6 Å². The molecule has 92 valence electrons. The topological polar surface area (TPSA) is 37.0 Å². The SMILES string of the molecule is COc1cc(F)c2[nH]c3c(c2c1)CNCC3.Cl. The van der Waals surface area contributed by atoms with Crippen LogP contribution in [0, 0.1) is 5.82 Å². The van der Waals surface area contributed by atoms with Gasteiger partial charge in [0.25, 0.3) is 0 Å². The minimum atomic E-state index is -0.247. The molecule has 1 aromatic carbocycles. The molecule has 17 heavy (non-hydrogen) atoms. The molecule has 5 heteroatoms. The van der Waals surface area contributed by atoms with Crippen molar-refractivity contribution >= 4 is 23.3 Å². The van der Waals surface area contributed by atoms with Gasteiger partial charge in [-0.15, -0.1) is 12.4 Å². The number of aromatic nitrogens is 1. The molecule has 0 aliphatic carbocycles. The standard InChI is InChI=1S/C12H13FN2O.ClH/c1-16-7-4-8-9-6-14-3-2-11(9)15-12(8)10(13)5-7;/h4-5,14-15H,2-3,6H2,1H3;1H. The fourth-order valence-corrected chi connectivity index (χ4v) is 2.30. The van der Waals surface area contributed by atoms with Gasteiger partial charge in [0.1, 0.15) is 5.75 Å². The number of nitrogens with one attached hydrogen (secondary N) is 2. The summed E-state index contributed by atoms with van der Waals surface area (Å²) in [4.78, 5) is 3.17. The molecular formula is C12H14ClFN2O. The van der Waals surface area contributed by atoms with Crippen LogP contribution in [0.5, 0.6) is 5.75 Å². The van der Waals surface area contributed by atoms with Crippen molar-refractivity contribution in [1.82, 2.24) is 10.3 Å². The lowest BCUT2D eigenvalue weighted by Gasteiger charge is -2.12. The van der Waals surface area contributed by atoms with Crippen LogP contribution >= 0.6 is 12.4 Å². The first-order valence-electron chi connectivity index (χ1n) is 5.37. The summed E-state index contributed by atoms with van der Waals surface area (Å²) in [6.45, 7) is 1.74. The van der Waals surface area contributed by atoms with E-state index in [1.807, 2.05) is 6.07 Å². The molecule has 0 saturated carbocycles. The van der Waals surface area contributed by atoms with Crippen LogP contribution in [0.15, 0.2) is 12.1 Å². The van der Waals surface area contributed by atoms with Gasteiger partial charge in [-0.2, -0.15) is 0 Å². The zero-order chi connectivity index (χ0) is 11.1. The van der Waals surface area contributed by atoms with Crippen molar-refractivity contribution in [2.24, 2.45) is 0 Å². The Morgan fingerprint density at radius 2 is 2.18 bits per heavy atom. The summed E-state index contributed by atoms with van der Waals surface area (Å²) in [5.74, 6) is 0.320. The number of H-pyrrole nitrogens is 1. The molecule has 3 nitrogen and oxygen atoms in total. The quantitative estimate of drug-likeness (QED) is 0.822. The van der Waals surface area contributed by atoms with Crippen LogP contribution in [-0.4, -0.2) is 18.6 Å². The third kappa shape index (κ3) is 1.87. The maximum absolute atomic E-state index is 13.8. The summed E-state index contributed by atoms with van der Waals surface area (Å²) in [5.41, 5.74) is 2.90. The first-order chi connectivity index (χ1) is 7.79. The van der Waals surface area contributed by atoms with E-state index >= 15 is 0 Å². The molecule has 0 bridgehead atoms. The van der Waals surface area contributed by atoms with Gasteiger partial charge in [-0.3, -0.25) is 0 Å². The molecule has 1 aliphatic rings. The minimum absolute atomic E-state index is 0. The van der Waals surface area contributed by atoms with Gasteiger partial charge in [-0.25, -0.2) is 4.39 Å². The van der Waals surface area contributed by atoms with Crippen molar-refractivity contribution in [1.29, 1.82) is 0 Å². The summed E-state index contributed by atoms with van der Waals surface area (Å²) in [6, 6.07) is 3.30. The van der Waals surface area contributed by atoms with Crippen molar-refractivity contribution in [3.8, 4) is 5.75 Å². The predicted molar refractivity (Wildman–Crippen MR) is 67.5 cm³/mol. The van der Waals surface area contributed by atoms with Gasteiger partial charge in [0.15, 0.2) is 5.82 Å². The van der Waals surface area contributed by atoms with Crippen LogP contribution in [0.1, 0.15) is 11.3 Å². The number of rotatable bonds is 1. The second-order valence-corrected chi connectivity index (χ2v) is 4.04. The lowest BCUT2D eigenvalue weighted by Crippen LogP contribution is -2.22. The molecular weight excluding hydrogens is 243 g/mol. The van der Waals surface area contributed by atoms with E-state index in [0.717, 1.165) is 30.6 Å². The summed E-state index contributed by atoms with van der Waals surface area (Å²) < 4.78 is 18.9. The molecule has 0 unspecified atom stereocenters. The Hall–Kier alpha value is -1.26. The van der Waals surface area contributed by atoms with Gasteiger partial charge in [0, 0.05) is 36.7 Å². The first kappa shape index (κ1) is 12.2. The zero-order valence-corrected chi connectivity index (χ0v) is 10.3. The Morgan fingerprint density at radius 3 is 2.94 bits per heavy atom. The van der Waals surface area contributed by atoms with Crippen molar-refractivity contribution in [3.05, 3.63) is 29.2 Å². The number of ether oxygens (including phenoxy) is 1. The van der Waals surface area contributed by atoms with E-state index in [2.05, 4.69) is 10.3 Å². The highest BCUT2D eigenvalue weighted by atomic mass is 35.5. The Labute approximate surface area is 105 Å². The largest absolute Gasteiger partial charge is 0.497 e. The van der Waals surface area contributed by atoms with Crippen LogP contribution in [0.4, 0.5) is 4.39 Å². The fraction of sp³-hybridized carbons (Fsp3) is 0.333. The molecule has 1 aliphatic heterocycles. The number of halogens is 2. The van der Waals surface area contributed by atoms with Crippen LogP contribution in [-0.2, 0) is 13.0 Å². The van der Waals surface area contributed by atoms with E-state index in [1.54, 1.807) is 7.11 Å². The lowest BCUT2D eigenvalue weighted by molar-refractivity contribution is 0.412. The maximum Gasteiger partial charge on any atom is 0.150 e. The van der Waals surface area contributed by atoms with Crippen LogP contribution in [0.3, 0.4) is 0 Å². The molecule has 2 heterocycles. The normalized spacial score (nSPS) is 14.2. The molecule has 0 radical (unpaired) electrons. The molecule has 1 aromatic heterocycles. The Balaban J connectivity index is 0.00000108. The minimum Gasteiger partial charge on any atom is -0.497 e. The third-order valence-electron chi connectivity index (χ3n) is 3.12. The number of benzene rings is 1. The smallest absolute Gasteiger partial charge is 0.150 e. The highest BCUT2D eigenvalue weighted by Crippen LogP contribution is 2.30. The third-order valence-corrected chi connectivity index (χ3v) is 3.12. The zero-order valence-electron chi connectivity index (χ0n) is 9.47. The van der Waals surface area contributed by atoms with Crippen molar-refractivity contribution in [2.75, 3.05) is 13.7 Å². The van der Waals surface area contributed by atoms with Gasteiger partial charge >= 0.3 is 0 Å². The molecule has 0 saturated heterocycles. The average Bonchev–Trinajstić information content (AvgIpc) is 2.68. The van der Waals surface area contributed by atoms with Gasteiger partial charge in [-0.05, 0) is 11.6 Å². The van der Waals surface area contributed by atoms with Crippen LogP contribution < -0.4 is 10.1 Å². The van der Waals surface area contributed by atoms with Crippen molar-refractivity contribution < 1.29 is 9.13 Å². The second kappa shape index (κ2) is 4.55. The van der Waals surface area contributed by atoms with Crippen molar-refractivity contribution in [3.63, 3.8) is 0 Å². The summed E-state index contributed by atoms with van der Waals surface area (Å²) in [7, 11) is 1.55. The molecule has 2 N–H and O–H groups in total. The van der Waals surface area contributed by atoms with E-state index in [-0.39, 0.29) is 18.2 Å². The van der Waals surface area contributed by atoms with E-state index in [9.17, 15) is 4.39 Å². The average molecular weight is 257 g/mol. The van der Waals surface area contributed by atoms with Gasteiger partial charge in [0.2, 0.25) is 0 Å². The summed E-state index contributed by atoms with van der Waals surface area (Å²) >= 11 is 0. The van der Waals surface area contributed by atoms with Crippen molar-refractivity contribution in [2.45, 2.75) is 13.0 Å². The Kier molecular flexibility index (Phi) is 3.26. The van der Waals surface area contributed by atoms with Gasteiger partial charge in [0.05, 0.1) is 12.6 Å². The van der Waals surface area contributed by atoms with E-state index < -0.39 is 0 Å². The van der Waals surface area contributed by atoms with E-state index in [4.69, 9.17) is 4.74 Å². The molecule has 0 atom stereocenters. The maximum atomic E-state index is 13.8. The Bertz CT molecular complexity index is 553. The van der Waals surface area contributed by atoms with E-state index in [0.29, 0.717) is 11.3 Å². The summed E-state index contributed by atoms with van der Waals surface area (Å²) in [5, 5.41) is 4.22. The van der Waals surface area contributed by atoms with Gasteiger partial charge < -0.3 is 15.0 Å². The van der Waals surface area contributed by atoms with Gasteiger partial charge in [-0.1, -0.05) is 0 Å². The number of fused-ring (bicyclic) bond motifs is 3.